The molecule has 8 fully saturated rings. The maximum atomic E-state index is 12.0. The predicted molar refractivity (Wildman–Crippen MR) is 262 cm³/mol. The quantitative estimate of drug-likeness (QED) is 0.221. The number of carbonyl (C=O) groups is 4. The first-order chi connectivity index (χ1) is 31.7. The van der Waals surface area contributed by atoms with Crippen LogP contribution in [0.25, 0.3) is 0 Å². The normalized spacial score (nSPS) is 23.3. The zero-order chi connectivity index (χ0) is 47.6. The van der Waals surface area contributed by atoms with E-state index in [2.05, 4.69) is 55.4 Å². The molecule has 0 unspecified atom stereocenters. The van der Waals surface area contributed by atoms with Crippen LogP contribution in [-0.4, -0.2) is 121 Å². The zero-order valence-electron chi connectivity index (χ0n) is 43.2. The third kappa shape index (κ3) is 18.5. The molecule has 4 heterocycles. The first kappa shape index (κ1) is 54.0. The van der Waals surface area contributed by atoms with E-state index in [9.17, 15) is 19.2 Å². The summed E-state index contributed by atoms with van der Waals surface area (Å²) in [5.74, 6) is 6.10. The highest BCUT2D eigenvalue weighted by atomic mass is 16.6. The van der Waals surface area contributed by atoms with Crippen molar-refractivity contribution >= 4 is 24.4 Å². The van der Waals surface area contributed by atoms with Crippen LogP contribution in [0.2, 0.25) is 0 Å². The van der Waals surface area contributed by atoms with Gasteiger partial charge >= 0.3 is 24.4 Å². The molecule has 0 radical (unpaired) electrons. The van der Waals surface area contributed by atoms with E-state index >= 15 is 0 Å². The first-order valence-electron chi connectivity index (χ1n) is 27.5. The van der Waals surface area contributed by atoms with E-state index in [1.54, 1.807) is 0 Å². The van der Waals surface area contributed by atoms with Crippen molar-refractivity contribution in [1.82, 2.24) is 19.6 Å². The van der Waals surface area contributed by atoms with Gasteiger partial charge in [-0.25, -0.2) is 19.2 Å². The average molecular weight is 929 g/mol. The summed E-state index contributed by atoms with van der Waals surface area (Å²) in [6.45, 7) is 25.2. The van der Waals surface area contributed by atoms with Crippen LogP contribution in [-0.2, 0) is 18.9 Å². The molecule has 0 bridgehead atoms. The second-order valence-corrected chi connectivity index (χ2v) is 22.7. The van der Waals surface area contributed by atoms with Crippen LogP contribution < -0.4 is 0 Å². The summed E-state index contributed by atoms with van der Waals surface area (Å²) in [6.07, 6.45) is 25.5. The van der Waals surface area contributed by atoms with Crippen LogP contribution >= 0.6 is 0 Å². The summed E-state index contributed by atoms with van der Waals surface area (Å²) in [7, 11) is 0. The van der Waals surface area contributed by atoms with Crippen molar-refractivity contribution < 1.29 is 38.1 Å². The van der Waals surface area contributed by atoms with Gasteiger partial charge in [-0.15, -0.1) is 0 Å². The van der Waals surface area contributed by atoms with Gasteiger partial charge in [0, 0.05) is 52.4 Å². The number of piperidine rings is 4. The summed E-state index contributed by atoms with van der Waals surface area (Å²) in [6, 6.07) is 0. The minimum Gasteiger partial charge on any atom is -0.446 e. The van der Waals surface area contributed by atoms with Gasteiger partial charge in [0.2, 0.25) is 0 Å². The fourth-order valence-corrected chi connectivity index (χ4v) is 10.7. The van der Waals surface area contributed by atoms with Gasteiger partial charge in [0.25, 0.3) is 0 Å². The Morgan fingerprint density at radius 1 is 0.288 bits per heavy atom. The van der Waals surface area contributed by atoms with Gasteiger partial charge < -0.3 is 38.5 Å². The lowest BCUT2D eigenvalue weighted by Gasteiger charge is -2.35. The number of carbonyl (C=O) groups excluding carboxylic acids is 4. The Hall–Kier alpha value is -2.92. The Bertz CT molecular complexity index is 1410. The molecule has 12 heteroatoms. The van der Waals surface area contributed by atoms with Crippen molar-refractivity contribution in [2.24, 2.45) is 47.3 Å². The standard InChI is InChI=1S/C15H27NO2.C14H25NO2.C13H23NO2.C12H21NO2/c1-12(2)13-8-10-16(11-9-13)15(17)18-14-6-4-3-5-7-14;1-11(2)12-7-9-15(10-8-12)14(16)17-13-5-3-4-6-13;1-10(2)11-6-8-14(9-7-11)13(15)16-12-4-3-5-12;1-9(2)10-5-7-13(8-6-10)12(14)15-11-3-4-11/h12-14H,3-11H2,1-2H3;11-13H,3-10H2,1-2H3;10-12H,3-9H2,1-2H3;9-11H,3-8H2,1-2H3. The minimum absolute atomic E-state index is 0.0656. The van der Waals surface area contributed by atoms with E-state index < -0.39 is 0 Å². The summed E-state index contributed by atoms with van der Waals surface area (Å²) < 4.78 is 21.8. The number of likely N-dealkylation sites (tertiary alicyclic amines) is 4. The Labute approximate surface area is 401 Å². The molecule has 4 amide bonds. The third-order valence-corrected chi connectivity index (χ3v) is 16.5. The summed E-state index contributed by atoms with van der Waals surface area (Å²) >= 11 is 0. The molecule has 0 aromatic rings. The van der Waals surface area contributed by atoms with Crippen LogP contribution in [0.4, 0.5) is 19.2 Å². The molecule has 0 aromatic carbocycles. The first-order valence-corrected chi connectivity index (χ1v) is 27.5. The minimum atomic E-state index is -0.0836. The van der Waals surface area contributed by atoms with Crippen molar-refractivity contribution in [3.8, 4) is 0 Å². The molecule has 0 N–H and O–H groups in total. The molecule has 8 rings (SSSR count). The van der Waals surface area contributed by atoms with Crippen molar-refractivity contribution in [2.75, 3.05) is 52.4 Å². The third-order valence-electron chi connectivity index (χ3n) is 16.5. The monoisotopic (exact) mass is 929 g/mol. The molecule has 12 nitrogen and oxygen atoms in total. The molecule has 4 saturated carbocycles. The second-order valence-electron chi connectivity index (χ2n) is 22.7. The number of rotatable bonds is 8. The smallest absolute Gasteiger partial charge is 0.410 e. The molecule has 380 valence electrons. The van der Waals surface area contributed by atoms with Crippen molar-refractivity contribution in [1.29, 1.82) is 0 Å². The van der Waals surface area contributed by atoms with Gasteiger partial charge in [-0.05, 0) is 182 Å². The maximum absolute atomic E-state index is 12.0. The number of amides is 4. The lowest BCUT2D eigenvalue weighted by Crippen LogP contribution is -2.42. The molecule has 0 atom stereocenters. The van der Waals surface area contributed by atoms with E-state index in [0.717, 1.165) is 202 Å². The van der Waals surface area contributed by atoms with E-state index in [-0.39, 0.29) is 48.8 Å². The molecule has 0 spiro atoms. The second kappa shape index (κ2) is 27.9. The summed E-state index contributed by atoms with van der Waals surface area (Å²) in [5.41, 5.74) is 0. The number of nitrogens with zero attached hydrogens (tertiary/aromatic N) is 4. The molecule has 4 aliphatic carbocycles. The van der Waals surface area contributed by atoms with Crippen molar-refractivity contribution in [3.63, 3.8) is 0 Å². The highest BCUT2D eigenvalue weighted by Crippen LogP contribution is 2.31. The zero-order valence-corrected chi connectivity index (χ0v) is 43.2. The van der Waals surface area contributed by atoms with Gasteiger partial charge in [0.15, 0.2) is 0 Å². The fourth-order valence-electron chi connectivity index (χ4n) is 10.7. The molecule has 4 saturated heterocycles. The van der Waals surface area contributed by atoms with Gasteiger partial charge in [-0.2, -0.15) is 0 Å². The maximum Gasteiger partial charge on any atom is 0.410 e. The van der Waals surface area contributed by atoms with Gasteiger partial charge in [0.05, 0.1) is 0 Å². The molecular weight excluding hydrogens is 833 g/mol. The summed E-state index contributed by atoms with van der Waals surface area (Å²) in [5, 5.41) is 0. The molecule has 8 aliphatic rings. The van der Waals surface area contributed by atoms with Crippen LogP contribution in [0.3, 0.4) is 0 Å². The van der Waals surface area contributed by atoms with Crippen molar-refractivity contribution in [2.45, 2.75) is 221 Å². The molecule has 66 heavy (non-hydrogen) atoms. The average Bonchev–Trinajstić information content (AvgIpc) is 3.98. The molecule has 4 aliphatic heterocycles. The predicted octanol–water partition coefficient (Wildman–Crippen LogP) is 13.0. The largest absolute Gasteiger partial charge is 0.446 e. The molecular formula is C54H96N4O8. The van der Waals surface area contributed by atoms with Crippen molar-refractivity contribution in [3.05, 3.63) is 0 Å². The topological polar surface area (TPSA) is 118 Å². The Kier molecular flexibility index (Phi) is 22.9. The van der Waals surface area contributed by atoms with Crippen LogP contribution in [0, 0.1) is 47.3 Å². The molecule has 0 aromatic heterocycles. The van der Waals surface area contributed by atoms with Crippen LogP contribution in [0.1, 0.15) is 197 Å². The Balaban J connectivity index is 0.000000165. The number of hydrogen-bond acceptors (Lipinski definition) is 8. The Morgan fingerprint density at radius 2 is 0.485 bits per heavy atom. The highest BCUT2D eigenvalue weighted by Gasteiger charge is 2.33. The van der Waals surface area contributed by atoms with Gasteiger partial charge in [0.1, 0.15) is 24.4 Å². The summed E-state index contributed by atoms with van der Waals surface area (Å²) in [4.78, 5) is 55.0. The Morgan fingerprint density at radius 3 is 0.667 bits per heavy atom. The van der Waals surface area contributed by atoms with Gasteiger partial charge in [-0.1, -0.05) is 61.8 Å². The van der Waals surface area contributed by atoms with E-state index in [1.165, 1.54) is 38.5 Å². The van der Waals surface area contributed by atoms with Crippen LogP contribution in [0.15, 0.2) is 0 Å². The van der Waals surface area contributed by atoms with E-state index in [0.29, 0.717) is 0 Å². The SMILES string of the molecule is CC(C)C1CCN(C(=O)OC2CC2)CC1.CC(C)C1CCN(C(=O)OC2CCC2)CC1.CC(C)C1CCN(C(=O)OC2CCCC2)CC1.CC(C)C1CCN(C(=O)OC2CCCCC2)CC1. The van der Waals surface area contributed by atoms with E-state index in [4.69, 9.17) is 18.9 Å². The fraction of sp³-hybridized carbons (Fsp3) is 0.926. The lowest BCUT2D eigenvalue weighted by molar-refractivity contribution is 0.0188. The lowest BCUT2D eigenvalue weighted by atomic mass is 9.87. The van der Waals surface area contributed by atoms with Gasteiger partial charge in [-0.3, -0.25) is 0 Å². The number of ether oxygens (including phenoxy) is 4. The van der Waals surface area contributed by atoms with Crippen LogP contribution in [0.5, 0.6) is 0 Å². The number of hydrogen-bond donors (Lipinski definition) is 0. The van der Waals surface area contributed by atoms with E-state index in [1.807, 2.05) is 19.6 Å². The highest BCUT2D eigenvalue weighted by molar-refractivity contribution is 5.69.